The number of carbonyl (C=O) groups excluding carboxylic acids is 1. The van der Waals surface area contributed by atoms with Crippen LogP contribution in [-0.2, 0) is 11.3 Å². The topological polar surface area (TPSA) is 76.8 Å². The molecule has 0 aliphatic carbocycles. The first-order chi connectivity index (χ1) is 15.6. The highest BCUT2D eigenvalue weighted by Crippen LogP contribution is 2.31. The maximum Gasteiger partial charge on any atom is 0.291 e. The van der Waals surface area contributed by atoms with Crippen molar-refractivity contribution >= 4 is 54.2 Å². The number of aromatic nitrogens is 1. The lowest BCUT2D eigenvalue weighted by molar-refractivity contribution is 0.0992. The number of nitrogens with one attached hydrogen (secondary N) is 1. The van der Waals surface area contributed by atoms with Gasteiger partial charge in [-0.15, -0.1) is 0 Å². The zero-order valence-corrected chi connectivity index (χ0v) is 19.4. The maximum atomic E-state index is 12.6. The average Bonchev–Trinajstić information content (AvgIpc) is 3.46. The highest BCUT2D eigenvalue weighted by molar-refractivity contribution is 9.10. The van der Waals surface area contributed by atoms with Crippen LogP contribution in [0.15, 0.2) is 63.5 Å². The first kappa shape index (κ1) is 21.0. The van der Waals surface area contributed by atoms with E-state index < -0.39 is 0 Å². The molecule has 4 aromatic rings. The van der Waals surface area contributed by atoms with E-state index in [1.165, 1.54) is 0 Å². The van der Waals surface area contributed by atoms with E-state index in [2.05, 4.69) is 26.1 Å². The SMILES string of the molecule is O=C(Nc1ccc2nc(N3CCOCC3)sc2c1)c1ccc(COc2ccc(Br)cc2)o1. The van der Waals surface area contributed by atoms with Gasteiger partial charge in [0, 0.05) is 23.2 Å². The summed E-state index contributed by atoms with van der Waals surface area (Å²) in [5.74, 6) is 1.23. The third-order valence-corrected chi connectivity index (χ3v) is 6.60. The molecule has 32 heavy (non-hydrogen) atoms. The standard InChI is InChI=1S/C23H20BrN3O4S/c24-15-1-4-17(5-2-15)30-14-18-6-8-20(31-18)22(28)25-16-3-7-19-21(13-16)32-23(26-19)27-9-11-29-12-10-27/h1-8,13H,9-12,14H2,(H,25,28). The number of anilines is 2. The molecule has 0 radical (unpaired) electrons. The molecule has 2 aromatic heterocycles. The number of carbonyl (C=O) groups is 1. The van der Waals surface area contributed by atoms with Crippen LogP contribution in [0.4, 0.5) is 10.8 Å². The monoisotopic (exact) mass is 513 g/mol. The summed E-state index contributed by atoms with van der Waals surface area (Å²) in [5, 5.41) is 3.88. The zero-order valence-electron chi connectivity index (χ0n) is 17.0. The molecule has 2 aromatic carbocycles. The van der Waals surface area contributed by atoms with Crippen LogP contribution in [0.2, 0.25) is 0 Å². The third-order valence-electron chi connectivity index (χ3n) is 5.00. The van der Waals surface area contributed by atoms with E-state index in [1.54, 1.807) is 23.5 Å². The highest BCUT2D eigenvalue weighted by Gasteiger charge is 2.17. The van der Waals surface area contributed by atoms with Crippen molar-refractivity contribution in [3.63, 3.8) is 0 Å². The predicted molar refractivity (Wildman–Crippen MR) is 128 cm³/mol. The van der Waals surface area contributed by atoms with Gasteiger partial charge in [-0.3, -0.25) is 4.79 Å². The molecule has 0 unspecified atom stereocenters. The number of furan rings is 1. The number of morpholine rings is 1. The molecule has 5 rings (SSSR count). The van der Waals surface area contributed by atoms with Crippen molar-refractivity contribution in [2.45, 2.75) is 6.61 Å². The summed E-state index contributed by atoms with van der Waals surface area (Å²) in [6, 6.07) is 16.6. The van der Waals surface area contributed by atoms with E-state index in [-0.39, 0.29) is 18.3 Å². The number of amides is 1. The molecule has 1 aliphatic rings. The predicted octanol–water partition coefficient (Wildman–Crippen LogP) is 5.32. The minimum absolute atomic E-state index is 0.234. The highest BCUT2D eigenvalue weighted by atomic mass is 79.9. The molecule has 0 bridgehead atoms. The molecule has 0 saturated carbocycles. The van der Waals surface area contributed by atoms with Crippen molar-refractivity contribution in [3.05, 3.63) is 70.6 Å². The first-order valence-corrected chi connectivity index (χ1v) is 11.8. The number of hydrogen-bond donors (Lipinski definition) is 1. The molecule has 1 aliphatic heterocycles. The Labute approximate surface area is 197 Å². The Morgan fingerprint density at radius 1 is 1.12 bits per heavy atom. The van der Waals surface area contributed by atoms with Crippen LogP contribution >= 0.6 is 27.3 Å². The zero-order chi connectivity index (χ0) is 21.9. The van der Waals surface area contributed by atoms with Crippen LogP contribution in [-0.4, -0.2) is 37.2 Å². The molecule has 1 N–H and O–H groups in total. The largest absolute Gasteiger partial charge is 0.486 e. The number of rotatable bonds is 6. The number of thiazole rings is 1. The van der Waals surface area contributed by atoms with Gasteiger partial charge >= 0.3 is 0 Å². The van der Waals surface area contributed by atoms with Crippen LogP contribution in [0.25, 0.3) is 10.2 Å². The van der Waals surface area contributed by atoms with Crippen molar-refractivity contribution in [3.8, 4) is 5.75 Å². The van der Waals surface area contributed by atoms with Crippen molar-refractivity contribution in [1.29, 1.82) is 0 Å². The normalized spacial score (nSPS) is 14.0. The Kier molecular flexibility index (Phi) is 6.11. The van der Waals surface area contributed by atoms with Crippen molar-refractivity contribution < 1.29 is 18.7 Å². The lowest BCUT2D eigenvalue weighted by Gasteiger charge is -2.25. The summed E-state index contributed by atoms with van der Waals surface area (Å²) in [6.45, 7) is 3.37. The number of halogens is 1. The van der Waals surface area contributed by atoms with Crippen LogP contribution in [0, 0.1) is 0 Å². The smallest absolute Gasteiger partial charge is 0.291 e. The fourth-order valence-corrected chi connectivity index (χ4v) is 4.66. The van der Waals surface area contributed by atoms with Gasteiger partial charge in [0.05, 0.1) is 23.4 Å². The van der Waals surface area contributed by atoms with Crippen molar-refractivity contribution in [2.24, 2.45) is 0 Å². The summed E-state index contributed by atoms with van der Waals surface area (Å²) >= 11 is 5.01. The van der Waals surface area contributed by atoms with Gasteiger partial charge in [0.2, 0.25) is 0 Å². The van der Waals surface area contributed by atoms with Crippen molar-refractivity contribution in [1.82, 2.24) is 4.98 Å². The first-order valence-electron chi connectivity index (χ1n) is 10.2. The average molecular weight is 514 g/mol. The lowest BCUT2D eigenvalue weighted by Crippen LogP contribution is -2.36. The van der Waals surface area contributed by atoms with E-state index in [0.717, 1.165) is 51.9 Å². The minimum atomic E-state index is -0.308. The Hall–Kier alpha value is -2.88. The molecule has 1 amide bonds. The minimum Gasteiger partial charge on any atom is -0.486 e. The molecule has 7 nitrogen and oxygen atoms in total. The summed E-state index contributed by atoms with van der Waals surface area (Å²) in [5.41, 5.74) is 1.61. The second-order valence-electron chi connectivity index (χ2n) is 7.24. The third kappa shape index (κ3) is 4.79. The Morgan fingerprint density at radius 2 is 1.94 bits per heavy atom. The molecular weight excluding hydrogens is 494 g/mol. The number of hydrogen-bond acceptors (Lipinski definition) is 7. The van der Waals surface area contributed by atoms with Gasteiger partial charge in [0.15, 0.2) is 10.9 Å². The Balaban J connectivity index is 1.23. The number of fused-ring (bicyclic) bond motifs is 1. The number of benzene rings is 2. The second-order valence-corrected chi connectivity index (χ2v) is 9.17. The van der Waals surface area contributed by atoms with E-state index in [4.69, 9.17) is 18.9 Å². The van der Waals surface area contributed by atoms with Crippen molar-refractivity contribution in [2.75, 3.05) is 36.5 Å². The molecule has 9 heteroatoms. The van der Waals surface area contributed by atoms with Crippen LogP contribution in [0.1, 0.15) is 16.3 Å². The van der Waals surface area contributed by atoms with Crippen LogP contribution in [0.3, 0.4) is 0 Å². The van der Waals surface area contributed by atoms with Gasteiger partial charge in [-0.05, 0) is 54.6 Å². The van der Waals surface area contributed by atoms with Crippen LogP contribution < -0.4 is 15.0 Å². The molecule has 3 heterocycles. The summed E-state index contributed by atoms with van der Waals surface area (Å²) in [7, 11) is 0. The summed E-state index contributed by atoms with van der Waals surface area (Å²) in [4.78, 5) is 19.6. The summed E-state index contributed by atoms with van der Waals surface area (Å²) < 4.78 is 18.8. The lowest BCUT2D eigenvalue weighted by atomic mass is 10.3. The van der Waals surface area contributed by atoms with Gasteiger partial charge in [0.25, 0.3) is 5.91 Å². The maximum absolute atomic E-state index is 12.6. The number of nitrogens with zero attached hydrogens (tertiary/aromatic N) is 2. The van der Waals surface area contributed by atoms with Gasteiger partial charge in [-0.1, -0.05) is 27.3 Å². The summed E-state index contributed by atoms with van der Waals surface area (Å²) in [6.07, 6.45) is 0. The molecule has 0 spiro atoms. The Morgan fingerprint density at radius 3 is 2.75 bits per heavy atom. The molecule has 164 valence electrons. The fourth-order valence-electron chi connectivity index (χ4n) is 3.34. The molecular formula is C23H20BrN3O4S. The fraction of sp³-hybridized carbons (Fsp3) is 0.217. The van der Waals surface area contributed by atoms with Gasteiger partial charge in [-0.25, -0.2) is 4.98 Å². The second kappa shape index (κ2) is 9.32. The van der Waals surface area contributed by atoms with E-state index in [1.807, 2.05) is 42.5 Å². The quantitative estimate of drug-likeness (QED) is 0.376. The van der Waals surface area contributed by atoms with E-state index >= 15 is 0 Å². The van der Waals surface area contributed by atoms with Crippen LogP contribution in [0.5, 0.6) is 5.75 Å². The van der Waals surface area contributed by atoms with E-state index in [0.29, 0.717) is 11.4 Å². The van der Waals surface area contributed by atoms with Gasteiger partial charge in [0.1, 0.15) is 18.1 Å². The number of ether oxygens (including phenoxy) is 2. The van der Waals surface area contributed by atoms with E-state index in [9.17, 15) is 4.79 Å². The molecule has 1 saturated heterocycles. The van der Waals surface area contributed by atoms with Gasteiger partial charge in [-0.2, -0.15) is 0 Å². The molecule has 0 atom stereocenters. The Bertz CT molecular complexity index is 1230. The van der Waals surface area contributed by atoms with Gasteiger partial charge < -0.3 is 24.1 Å². The molecule has 1 fully saturated rings.